The van der Waals surface area contributed by atoms with Gasteiger partial charge in [0.25, 0.3) is 0 Å². The van der Waals surface area contributed by atoms with Crippen LogP contribution in [0, 0.1) is 11.3 Å². The maximum Gasteiger partial charge on any atom is 0.227 e. The third kappa shape index (κ3) is 9.19. The summed E-state index contributed by atoms with van der Waals surface area (Å²) in [6.45, 7) is 7.43. The molecule has 1 saturated heterocycles. The molecule has 0 aliphatic carbocycles. The summed E-state index contributed by atoms with van der Waals surface area (Å²) in [6.07, 6.45) is 12.0. The predicted molar refractivity (Wildman–Crippen MR) is 165 cm³/mol. The van der Waals surface area contributed by atoms with Gasteiger partial charge in [0.15, 0.2) is 0 Å². The zero-order chi connectivity index (χ0) is 29.6. The minimum Gasteiger partial charge on any atom is -0.482 e. The van der Waals surface area contributed by atoms with Crippen LogP contribution in [0.2, 0.25) is 0 Å². The van der Waals surface area contributed by atoms with Crippen LogP contribution in [-0.2, 0) is 17.9 Å². The molecule has 7 nitrogen and oxygen atoms in total. The van der Waals surface area contributed by atoms with Crippen molar-refractivity contribution in [3.63, 3.8) is 0 Å². The Kier molecular flexibility index (Phi) is 12.0. The first-order valence-corrected chi connectivity index (χ1v) is 15.0. The molecule has 7 heteroatoms. The highest BCUT2D eigenvalue weighted by atomic mass is 16.5. The molecule has 2 heterocycles. The number of hydrogen-bond donors (Lipinski definition) is 0. The van der Waals surface area contributed by atoms with Crippen molar-refractivity contribution in [2.75, 3.05) is 26.2 Å². The molecular formula is C35H41N3O4. The smallest absolute Gasteiger partial charge is 0.227 e. The van der Waals surface area contributed by atoms with Crippen LogP contribution in [-0.4, -0.2) is 41.9 Å². The molecule has 0 radical (unpaired) electrons. The van der Waals surface area contributed by atoms with Crippen LogP contribution in [0.4, 0.5) is 0 Å². The van der Waals surface area contributed by atoms with Crippen molar-refractivity contribution in [3.05, 3.63) is 101 Å². The van der Waals surface area contributed by atoms with E-state index in [9.17, 15) is 14.9 Å². The molecule has 1 fully saturated rings. The van der Waals surface area contributed by atoms with E-state index in [0.29, 0.717) is 37.4 Å². The van der Waals surface area contributed by atoms with E-state index in [2.05, 4.69) is 17.5 Å². The van der Waals surface area contributed by atoms with Gasteiger partial charge in [-0.15, -0.1) is 6.58 Å². The molecule has 3 aromatic rings. The maximum absolute atomic E-state index is 12.7. The molecule has 4 rings (SSSR count). The number of nitriles is 1. The van der Waals surface area contributed by atoms with Gasteiger partial charge in [0.1, 0.15) is 18.6 Å². The average molecular weight is 568 g/mol. The molecular weight excluding hydrogens is 526 g/mol. The lowest BCUT2D eigenvalue weighted by atomic mass is 9.99. The molecule has 0 atom stereocenters. The standard InChI is InChI=1S/C35H41N3O4/c1-2-3-4-5-6-7-8-9-14-35(40)38-21-19-37(20-22-38)25-31-23-33(39)34(27-41-31)42-26-28-15-17-29(18-16-28)32-13-11-10-12-30(32)24-36/h2,10-13,15-18,23,27H,1,3-9,14,19-22,25-26H2. The summed E-state index contributed by atoms with van der Waals surface area (Å²) in [7, 11) is 0. The van der Waals surface area contributed by atoms with Crippen LogP contribution >= 0.6 is 0 Å². The lowest BCUT2D eigenvalue weighted by Gasteiger charge is -2.34. The van der Waals surface area contributed by atoms with Gasteiger partial charge in [0.05, 0.1) is 18.2 Å². The largest absolute Gasteiger partial charge is 0.482 e. The van der Waals surface area contributed by atoms with Crippen LogP contribution < -0.4 is 10.2 Å². The van der Waals surface area contributed by atoms with Gasteiger partial charge >= 0.3 is 0 Å². The molecule has 0 bridgehead atoms. The van der Waals surface area contributed by atoms with Gasteiger partial charge in [-0.3, -0.25) is 14.5 Å². The van der Waals surface area contributed by atoms with Gasteiger partial charge in [-0.1, -0.05) is 74.2 Å². The average Bonchev–Trinajstić information content (AvgIpc) is 3.02. The summed E-state index contributed by atoms with van der Waals surface area (Å²) in [5.41, 5.74) is 3.15. The molecule has 42 heavy (non-hydrogen) atoms. The van der Waals surface area contributed by atoms with Gasteiger partial charge in [-0.2, -0.15) is 5.26 Å². The number of unbranched alkanes of at least 4 members (excludes halogenated alkanes) is 6. The minimum absolute atomic E-state index is 0.171. The predicted octanol–water partition coefficient (Wildman–Crippen LogP) is 6.71. The van der Waals surface area contributed by atoms with E-state index in [1.165, 1.54) is 38.0 Å². The van der Waals surface area contributed by atoms with E-state index in [1.54, 1.807) is 6.07 Å². The van der Waals surface area contributed by atoms with E-state index in [0.717, 1.165) is 49.0 Å². The number of amides is 1. The first-order chi connectivity index (χ1) is 20.6. The number of nitrogens with zero attached hydrogens (tertiary/aromatic N) is 3. The Morgan fingerprint density at radius 1 is 0.976 bits per heavy atom. The van der Waals surface area contributed by atoms with Gasteiger partial charge < -0.3 is 14.1 Å². The lowest BCUT2D eigenvalue weighted by molar-refractivity contribution is -0.133. The number of piperazine rings is 1. The molecule has 0 unspecified atom stereocenters. The zero-order valence-electron chi connectivity index (χ0n) is 24.4. The van der Waals surface area contributed by atoms with Crippen molar-refractivity contribution < 1.29 is 13.9 Å². The topological polar surface area (TPSA) is 86.8 Å². The summed E-state index contributed by atoms with van der Waals surface area (Å²) in [4.78, 5) is 29.4. The van der Waals surface area contributed by atoms with E-state index >= 15 is 0 Å². The van der Waals surface area contributed by atoms with Crippen LogP contribution in [0.3, 0.4) is 0 Å². The van der Waals surface area contributed by atoms with Gasteiger partial charge in [0.2, 0.25) is 17.1 Å². The molecule has 1 aliphatic heterocycles. The van der Waals surface area contributed by atoms with Crippen molar-refractivity contribution in [1.82, 2.24) is 9.80 Å². The second kappa shape index (κ2) is 16.3. The second-order valence-corrected chi connectivity index (χ2v) is 10.8. The highest BCUT2D eigenvalue weighted by Crippen LogP contribution is 2.24. The van der Waals surface area contributed by atoms with Crippen LogP contribution in [0.5, 0.6) is 5.75 Å². The van der Waals surface area contributed by atoms with Gasteiger partial charge in [-0.25, -0.2) is 0 Å². The maximum atomic E-state index is 12.7. The summed E-state index contributed by atoms with van der Waals surface area (Å²) in [6, 6.07) is 18.9. The number of benzene rings is 2. The Bertz CT molecular complexity index is 1400. The summed E-state index contributed by atoms with van der Waals surface area (Å²) < 4.78 is 11.5. The molecule has 0 spiro atoms. The zero-order valence-corrected chi connectivity index (χ0v) is 24.4. The Balaban J connectivity index is 1.17. The van der Waals surface area contributed by atoms with Crippen LogP contribution in [0.15, 0.2) is 82.7 Å². The first-order valence-electron chi connectivity index (χ1n) is 15.0. The van der Waals surface area contributed by atoms with Crippen molar-refractivity contribution in [2.24, 2.45) is 0 Å². The Hall–Kier alpha value is -4.15. The second-order valence-electron chi connectivity index (χ2n) is 10.8. The first kappa shape index (κ1) is 30.8. The molecule has 220 valence electrons. The highest BCUT2D eigenvalue weighted by Gasteiger charge is 2.21. The van der Waals surface area contributed by atoms with E-state index in [-0.39, 0.29) is 23.7 Å². The van der Waals surface area contributed by atoms with E-state index in [4.69, 9.17) is 9.15 Å². The molecule has 1 aliphatic rings. The van der Waals surface area contributed by atoms with Crippen molar-refractivity contribution in [1.29, 1.82) is 5.26 Å². The van der Waals surface area contributed by atoms with E-state index in [1.807, 2.05) is 53.4 Å². The number of carbonyl (C=O) groups is 1. The normalized spacial score (nSPS) is 13.5. The fourth-order valence-electron chi connectivity index (χ4n) is 5.21. The Labute approximate surface area is 249 Å². The molecule has 1 amide bonds. The van der Waals surface area contributed by atoms with Gasteiger partial charge in [0, 0.05) is 38.7 Å². The van der Waals surface area contributed by atoms with Crippen LogP contribution in [0.1, 0.15) is 68.3 Å². The minimum atomic E-state index is -0.217. The SMILES string of the molecule is C=CCCCCCCCCC(=O)N1CCN(Cc2cc(=O)c(OCc3ccc(-c4ccccc4C#N)cc3)co2)CC1. The Morgan fingerprint density at radius 2 is 1.69 bits per heavy atom. The summed E-state index contributed by atoms with van der Waals surface area (Å²) in [5, 5.41) is 9.35. The Morgan fingerprint density at radius 3 is 2.40 bits per heavy atom. The monoisotopic (exact) mass is 567 g/mol. The number of ether oxygens (including phenoxy) is 1. The van der Waals surface area contributed by atoms with E-state index < -0.39 is 0 Å². The summed E-state index contributed by atoms with van der Waals surface area (Å²) in [5.74, 6) is 1.00. The molecule has 0 saturated carbocycles. The summed E-state index contributed by atoms with van der Waals surface area (Å²) >= 11 is 0. The third-order valence-corrected chi connectivity index (χ3v) is 7.71. The lowest BCUT2D eigenvalue weighted by Crippen LogP contribution is -2.48. The van der Waals surface area contributed by atoms with Crippen molar-refractivity contribution >= 4 is 5.91 Å². The van der Waals surface area contributed by atoms with Crippen molar-refractivity contribution in [2.45, 2.75) is 64.5 Å². The third-order valence-electron chi connectivity index (χ3n) is 7.71. The number of hydrogen-bond acceptors (Lipinski definition) is 6. The molecule has 0 N–H and O–H groups in total. The highest BCUT2D eigenvalue weighted by molar-refractivity contribution is 5.76. The fraction of sp³-hybridized carbons (Fsp3) is 0.400. The number of rotatable bonds is 15. The molecule has 2 aromatic carbocycles. The number of allylic oxidation sites excluding steroid dienone is 1. The van der Waals surface area contributed by atoms with Gasteiger partial charge in [-0.05, 0) is 42.0 Å². The molecule has 1 aromatic heterocycles. The quantitative estimate of drug-likeness (QED) is 0.150. The fourth-order valence-corrected chi connectivity index (χ4v) is 5.21. The van der Waals surface area contributed by atoms with Crippen LogP contribution in [0.25, 0.3) is 11.1 Å². The van der Waals surface area contributed by atoms with Crippen molar-refractivity contribution in [3.8, 4) is 22.9 Å². The number of carbonyl (C=O) groups excluding carboxylic acids is 1.